The quantitative estimate of drug-likeness (QED) is 0.479. The van der Waals surface area contributed by atoms with Gasteiger partial charge in [-0.15, -0.1) is 0 Å². The summed E-state index contributed by atoms with van der Waals surface area (Å²) >= 11 is 5.52. The van der Waals surface area contributed by atoms with Crippen LogP contribution in [0, 0.1) is 0 Å². The van der Waals surface area contributed by atoms with Crippen molar-refractivity contribution in [2.24, 2.45) is 7.05 Å². The average Bonchev–Trinajstić information content (AvgIpc) is 2.01. The van der Waals surface area contributed by atoms with E-state index in [9.17, 15) is 14.4 Å². The highest BCUT2D eigenvalue weighted by Crippen LogP contribution is 2.04. The number of aldehydes is 1. The standard InChI is InChI=1S/C6H5ClN2O3/c1-9-4(7)3(2-10)5(11)8-6(9)12/h2H,1H3,(H,8,11,12). The Bertz CT molecular complexity index is 431. The Balaban J connectivity index is 3.74. The molecule has 12 heavy (non-hydrogen) atoms. The van der Waals surface area contributed by atoms with Crippen LogP contribution in [0.25, 0.3) is 0 Å². The third kappa shape index (κ3) is 1.18. The molecule has 0 radical (unpaired) electrons. The molecule has 0 saturated heterocycles. The van der Waals surface area contributed by atoms with E-state index in [-0.39, 0.29) is 10.7 Å². The molecule has 0 aromatic carbocycles. The molecule has 0 fully saturated rings. The normalized spacial score (nSPS) is 9.83. The first-order valence-electron chi connectivity index (χ1n) is 3.02. The molecule has 0 aliphatic rings. The number of aromatic amines is 1. The van der Waals surface area contributed by atoms with E-state index in [4.69, 9.17) is 11.6 Å². The van der Waals surface area contributed by atoms with Crippen LogP contribution in [0.2, 0.25) is 5.15 Å². The van der Waals surface area contributed by atoms with Crippen LogP contribution in [-0.4, -0.2) is 15.8 Å². The minimum absolute atomic E-state index is 0.154. The number of aromatic nitrogens is 2. The lowest BCUT2D eigenvalue weighted by Crippen LogP contribution is -2.31. The first-order valence-corrected chi connectivity index (χ1v) is 3.39. The number of nitrogens with one attached hydrogen (secondary N) is 1. The summed E-state index contributed by atoms with van der Waals surface area (Å²) < 4.78 is 0.979. The summed E-state index contributed by atoms with van der Waals surface area (Å²) in [6.45, 7) is 0. The fourth-order valence-corrected chi connectivity index (χ4v) is 0.921. The minimum atomic E-state index is -0.766. The fourth-order valence-electron chi connectivity index (χ4n) is 0.714. The van der Waals surface area contributed by atoms with Gasteiger partial charge in [-0.25, -0.2) is 4.79 Å². The Kier molecular flexibility index (Phi) is 2.14. The fraction of sp³-hybridized carbons (Fsp3) is 0.167. The van der Waals surface area contributed by atoms with Gasteiger partial charge in [-0.05, 0) is 0 Å². The molecule has 1 rings (SSSR count). The van der Waals surface area contributed by atoms with Gasteiger partial charge in [-0.2, -0.15) is 0 Å². The lowest BCUT2D eigenvalue weighted by molar-refractivity contribution is 0.112. The Labute approximate surface area is 71.6 Å². The molecule has 0 amide bonds. The Morgan fingerprint density at radius 3 is 2.58 bits per heavy atom. The molecule has 1 aromatic rings. The maximum Gasteiger partial charge on any atom is 0.329 e. The molecule has 0 unspecified atom stereocenters. The molecule has 1 N–H and O–H groups in total. The van der Waals surface area contributed by atoms with Crippen LogP contribution in [0.5, 0.6) is 0 Å². The summed E-state index contributed by atoms with van der Waals surface area (Å²) in [7, 11) is 1.35. The van der Waals surface area contributed by atoms with Gasteiger partial charge in [0.2, 0.25) is 0 Å². The van der Waals surface area contributed by atoms with E-state index >= 15 is 0 Å². The molecule has 1 heterocycles. The Morgan fingerprint density at radius 1 is 1.50 bits per heavy atom. The molecule has 0 spiro atoms. The predicted molar refractivity (Wildman–Crippen MR) is 42.7 cm³/mol. The van der Waals surface area contributed by atoms with Gasteiger partial charge in [-0.3, -0.25) is 19.1 Å². The van der Waals surface area contributed by atoms with E-state index in [0.717, 1.165) is 4.57 Å². The van der Waals surface area contributed by atoms with E-state index in [1.54, 1.807) is 0 Å². The van der Waals surface area contributed by atoms with Crippen LogP contribution in [0.4, 0.5) is 0 Å². The highest BCUT2D eigenvalue weighted by molar-refractivity contribution is 6.31. The molecule has 6 heteroatoms. The zero-order chi connectivity index (χ0) is 9.30. The molecule has 0 bridgehead atoms. The lowest BCUT2D eigenvalue weighted by atomic mass is 10.4. The largest absolute Gasteiger partial charge is 0.329 e. The van der Waals surface area contributed by atoms with Gasteiger partial charge >= 0.3 is 5.69 Å². The SMILES string of the molecule is Cn1c(Cl)c(C=O)c(=O)[nH]c1=O. The number of carbonyl (C=O) groups is 1. The predicted octanol–water partition coefficient (Wildman–Crippen LogP) is -0.460. The van der Waals surface area contributed by atoms with E-state index in [1.807, 2.05) is 4.98 Å². The van der Waals surface area contributed by atoms with E-state index in [1.165, 1.54) is 7.05 Å². The second kappa shape index (κ2) is 2.94. The Hall–Kier alpha value is -1.36. The van der Waals surface area contributed by atoms with Gasteiger partial charge in [0.1, 0.15) is 10.7 Å². The van der Waals surface area contributed by atoms with Crippen molar-refractivity contribution in [1.82, 2.24) is 9.55 Å². The molecule has 1 aromatic heterocycles. The number of rotatable bonds is 1. The number of H-pyrrole nitrogens is 1. The van der Waals surface area contributed by atoms with Crippen LogP contribution in [0.1, 0.15) is 10.4 Å². The van der Waals surface area contributed by atoms with Gasteiger partial charge in [0.05, 0.1) is 0 Å². The monoisotopic (exact) mass is 188 g/mol. The summed E-state index contributed by atoms with van der Waals surface area (Å²) in [4.78, 5) is 33.9. The summed E-state index contributed by atoms with van der Waals surface area (Å²) in [6, 6.07) is 0. The maximum atomic E-state index is 10.9. The zero-order valence-corrected chi connectivity index (χ0v) is 6.88. The molecular weight excluding hydrogens is 184 g/mol. The summed E-state index contributed by atoms with van der Waals surface area (Å²) in [5.41, 5.74) is -1.65. The number of hydrogen-bond donors (Lipinski definition) is 1. The van der Waals surface area contributed by atoms with Crippen molar-refractivity contribution in [2.45, 2.75) is 0 Å². The first kappa shape index (κ1) is 8.73. The lowest BCUT2D eigenvalue weighted by Gasteiger charge is -2.00. The molecule has 0 aliphatic carbocycles. The van der Waals surface area contributed by atoms with Crippen LogP contribution in [-0.2, 0) is 7.05 Å². The number of nitrogens with zero attached hydrogens (tertiary/aromatic N) is 1. The van der Waals surface area contributed by atoms with E-state index < -0.39 is 11.2 Å². The van der Waals surface area contributed by atoms with Gasteiger partial charge in [0.25, 0.3) is 5.56 Å². The molecular formula is C6H5ClN2O3. The topological polar surface area (TPSA) is 71.9 Å². The van der Waals surface area contributed by atoms with Crippen LogP contribution in [0.15, 0.2) is 9.59 Å². The van der Waals surface area contributed by atoms with Crippen molar-refractivity contribution >= 4 is 17.9 Å². The first-order chi connectivity index (χ1) is 5.57. The number of halogens is 1. The van der Waals surface area contributed by atoms with Crippen molar-refractivity contribution < 1.29 is 4.79 Å². The average molecular weight is 189 g/mol. The van der Waals surface area contributed by atoms with E-state index in [0.29, 0.717) is 6.29 Å². The van der Waals surface area contributed by atoms with Crippen LogP contribution >= 0.6 is 11.6 Å². The molecule has 64 valence electrons. The summed E-state index contributed by atoms with van der Waals surface area (Å²) in [6.07, 6.45) is 0.306. The van der Waals surface area contributed by atoms with Crippen LogP contribution < -0.4 is 11.2 Å². The third-order valence-electron chi connectivity index (χ3n) is 1.40. The van der Waals surface area contributed by atoms with Gasteiger partial charge < -0.3 is 0 Å². The third-order valence-corrected chi connectivity index (χ3v) is 1.86. The Morgan fingerprint density at radius 2 is 2.08 bits per heavy atom. The van der Waals surface area contributed by atoms with Crippen molar-refractivity contribution in [3.8, 4) is 0 Å². The van der Waals surface area contributed by atoms with Gasteiger partial charge in [0, 0.05) is 7.05 Å². The second-order valence-electron chi connectivity index (χ2n) is 2.14. The molecule has 0 atom stereocenters. The zero-order valence-electron chi connectivity index (χ0n) is 6.13. The molecule has 0 aliphatic heterocycles. The molecule has 5 nitrogen and oxygen atoms in total. The summed E-state index contributed by atoms with van der Waals surface area (Å²) in [5, 5.41) is -0.154. The van der Waals surface area contributed by atoms with Gasteiger partial charge in [0.15, 0.2) is 6.29 Å². The van der Waals surface area contributed by atoms with Crippen molar-refractivity contribution in [3.05, 3.63) is 31.6 Å². The smallest absolute Gasteiger partial charge is 0.298 e. The van der Waals surface area contributed by atoms with Gasteiger partial charge in [-0.1, -0.05) is 11.6 Å². The minimum Gasteiger partial charge on any atom is -0.298 e. The summed E-state index contributed by atoms with van der Waals surface area (Å²) in [5.74, 6) is 0. The second-order valence-corrected chi connectivity index (χ2v) is 2.50. The number of hydrogen-bond acceptors (Lipinski definition) is 3. The van der Waals surface area contributed by atoms with Crippen molar-refractivity contribution in [1.29, 1.82) is 0 Å². The maximum absolute atomic E-state index is 10.9. The number of carbonyl (C=O) groups excluding carboxylic acids is 1. The van der Waals surface area contributed by atoms with Crippen molar-refractivity contribution in [3.63, 3.8) is 0 Å². The molecule has 0 saturated carbocycles. The highest BCUT2D eigenvalue weighted by Gasteiger charge is 2.08. The van der Waals surface area contributed by atoms with Crippen molar-refractivity contribution in [2.75, 3.05) is 0 Å². The van der Waals surface area contributed by atoms with E-state index in [2.05, 4.69) is 0 Å². The van der Waals surface area contributed by atoms with Crippen LogP contribution in [0.3, 0.4) is 0 Å². The highest BCUT2D eigenvalue weighted by atomic mass is 35.5.